The van der Waals surface area contributed by atoms with E-state index in [0.717, 1.165) is 16.7 Å². The number of carbonyl (C=O) groups is 1. The molecule has 3 rings (SSSR count). The van der Waals surface area contributed by atoms with Gasteiger partial charge in [-0.1, -0.05) is 35.9 Å². The minimum absolute atomic E-state index is 0.177. The molecule has 0 saturated heterocycles. The highest BCUT2D eigenvalue weighted by Gasteiger charge is 2.10. The normalized spacial score (nSPS) is 10.8. The Bertz CT molecular complexity index is 853. The molecule has 1 heterocycles. The summed E-state index contributed by atoms with van der Waals surface area (Å²) in [6.07, 6.45) is 0. The van der Waals surface area contributed by atoms with Crippen LogP contribution in [0.3, 0.4) is 0 Å². The zero-order chi connectivity index (χ0) is 15.0. The number of fused-ring (bicyclic) bond motifs is 1. The predicted octanol–water partition coefficient (Wildman–Crippen LogP) is 2.88. The predicted molar refractivity (Wildman–Crippen MR) is 81.0 cm³/mol. The number of aryl methyl sites for hydroxylation is 2. The van der Waals surface area contributed by atoms with Crippen LogP contribution in [0.4, 0.5) is 0 Å². The van der Waals surface area contributed by atoms with Crippen LogP contribution in [0.15, 0.2) is 48.5 Å². The molecule has 0 spiro atoms. The van der Waals surface area contributed by atoms with Crippen LogP contribution in [0, 0.1) is 13.8 Å². The molecule has 0 fully saturated rings. The Kier molecular flexibility index (Phi) is 3.18. The molecule has 0 bridgehead atoms. The minimum atomic E-state index is -1.18. The van der Waals surface area contributed by atoms with E-state index in [9.17, 15) is 9.90 Å². The molecular weight excluding hydrogens is 262 g/mol. The standard InChI is InChI=1S/C18H15NO2/c1-11-7-8-12(2)14(9-11)17-10-15(18(20)21)13-5-3-4-6-16(13)19-17/h3-10H,1-2H3,(H,20,21)/p-1. The first-order valence-corrected chi connectivity index (χ1v) is 6.75. The summed E-state index contributed by atoms with van der Waals surface area (Å²) in [6.45, 7) is 3.99. The summed E-state index contributed by atoms with van der Waals surface area (Å²) < 4.78 is 0. The number of rotatable bonds is 2. The van der Waals surface area contributed by atoms with Gasteiger partial charge in [-0.25, -0.2) is 4.98 Å². The van der Waals surface area contributed by atoms with E-state index in [4.69, 9.17) is 0 Å². The molecule has 0 unspecified atom stereocenters. The largest absolute Gasteiger partial charge is 0.545 e. The van der Waals surface area contributed by atoms with E-state index < -0.39 is 5.97 Å². The average molecular weight is 276 g/mol. The lowest BCUT2D eigenvalue weighted by atomic mass is 9.99. The van der Waals surface area contributed by atoms with Crippen molar-refractivity contribution in [1.82, 2.24) is 4.98 Å². The molecule has 3 nitrogen and oxygen atoms in total. The SMILES string of the molecule is Cc1ccc(C)c(-c2cc(C(=O)[O-])c3ccccc3n2)c1. The smallest absolute Gasteiger partial charge is 0.0722 e. The lowest BCUT2D eigenvalue weighted by Gasteiger charge is -2.12. The van der Waals surface area contributed by atoms with E-state index in [0.29, 0.717) is 16.6 Å². The van der Waals surface area contributed by atoms with Crippen LogP contribution in [0.2, 0.25) is 0 Å². The third-order valence-electron chi connectivity index (χ3n) is 3.61. The first kappa shape index (κ1) is 13.3. The highest BCUT2D eigenvalue weighted by molar-refractivity contribution is 6.02. The molecule has 0 aliphatic heterocycles. The van der Waals surface area contributed by atoms with Gasteiger partial charge in [0.1, 0.15) is 0 Å². The molecule has 0 atom stereocenters. The quantitative estimate of drug-likeness (QED) is 0.723. The molecule has 0 amide bonds. The number of carboxylic acid groups (broad SMARTS) is 1. The lowest BCUT2D eigenvalue weighted by molar-refractivity contribution is -0.254. The number of carboxylic acids is 1. The molecule has 0 aliphatic carbocycles. The third-order valence-corrected chi connectivity index (χ3v) is 3.61. The van der Waals surface area contributed by atoms with Crippen LogP contribution in [-0.4, -0.2) is 11.0 Å². The van der Waals surface area contributed by atoms with E-state index in [1.807, 2.05) is 44.2 Å². The van der Waals surface area contributed by atoms with Gasteiger partial charge in [-0.15, -0.1) is 0 Å². The Hall–Kier alpha value is -2.68. The van der Waals surface area contributed by atoms with Crippen molar-refractivity contribution >= 4 is 16.9 Å². The maximum atomic E-state index is 11.4. The summed E-state index contributed by atoms with van der Waals surface area (Å²) >= 11 is 0. The van der Waals surface area contributed by atoms with Gasteiger partial charge in [0.05, 0.1) is 17.2 Å². The summed E-state index contributed by atoms with van der Waals surface area (Å²) in [5.41, 5.74) is 4.62. The van der Waals surface area contributed by atoms with E-state index in [1.54, 1.807) is 18.2 Å². The molecule has 21 heavy (non-hydrogen) atoms. The average Bonchev–Trinajstić information content (AvgIpc) is 2.48. The van der Waals surface area contributed by atoms with Crippen LogP contribution in [0.1, 0.15) is 21.5 Å². The molecular formula is C18H14NO2-. The number of pyridine rings is 1. The van der Waals surface area contributed by atoms with Gasteiger partial charge in [0, 0.05) is 16.5 Å². The van der Waals surface area contributed by atoms with Crippen molar-refractivity contribution in [2.75, 3.05) is 0 Å². The van der Waals surface area contributed by atoms with Crippen LogP contribution >= 0.6 is 0 Å². The first-order chi connectivity index (χ1) is 10.1. The highest BCUT2D eigenvalue weighted by atomic mass is 16.4. The summed E-state index contributed by atoms with van der Waals surface area (Å²) in [7, 11) is 0. The Balaban J connectivity index is 2.33. The van der Waals surface area contributed by atoms with E-state index in [-0.39, 0.29) is 5.56 Å². The van der Waals surface area contributed by atoms with Gasteiger partial charge in [-0.05, 0) is 37.6 Å². The summed E-state index contributed by atoms with van der Waals surface area (Å²) in [5, 5.41) is 12.0. The lowest BCUT2D eigenvalue weighted by Crippen LogP contribution is -2.22. The fraction of sp³-hybridized carbons (Fsp3) is 0.111. The number of aromatic carboxylic acids is 1. The van der Waals surface area contributed by atoms with Gasteiger partial charge in [-0.2, -0.15) is 0 Å². The molecule has 0 saturated carbocycles. The number of para-hydroxylation sites is 1. The van der Waals surface area contributed by atoms with Crippen molar-refractivity contribution in [3.05, 3.63) is 65.2 Å². The third kappa shape index (κ3) is 2.38. The molecule has 0 radical (unpaired) electrons. The van der Waals surface area contributed by atoms with E-state index >= 15 is 0 Å². The molecule has 2 aromatic carbocycles. The summed E-state index contributed by atoms with van der Waals surface area (Å²) in [5.74, 6) is -1.18. The van der Waals surface area contributed by atoms with Gasteiger partial charge in [0.25, 0.3) is 0 Å². The van der Waals surface area contributed by atoms with Crippen molar-refractivity contribution in [3.63, 3.8) is 0 Å². The number of aromatic nitrogens is 1. The van der Waals surface area contributed by atoms with Gasteiger partial charge in [0.2, 0.25) is 0 Å². The van der Waals surface area contributed by atoms with Gasteiger partial charge in [-0.3, -0.25) is 0 Å². The van der Waals surface area contributed by atoms with Crippen LogP contribution in [-0.2, 0) is 0 Å². The maximum absolute atomic E-state index is 11.4. The van der Waals surface area contributed by atoms with Gasteiger partial charge >= 0.3 is 0 Å². The summed E-state index contributed by atoms with van der Waals surface area (Å²) in [6, 6.07) is 14.9. The second kappa shape index (κ2) is 5.02. The monoisotopic (exact) mass is 276 g/mol. The van der Waals surface area contributed by atoms with Crippen molar-refractivity contribution in [3.8, 4) is 11.3 Å². The van der Waals surface area contributed by atoms with Crippen molar-refractivity contribution < 1.29 is 9.90 Å². The second-order valence-corrected chi connectivity index (χ2v) is 5.18. The zero-order valence-corrected chi connectivity index (χ0v) is 11.9. The second-order valence-electron chi connectivity index (χ2n) is 5.18. The molecule has 3 heteroatoms. The molecule has 0 aliphatic rings. The Morgan fingerprint density at radius 3 is 2.57 bits per heavy atom. The number of hydrogen-bond donors (Lipinski definition) is 0. The summed E-state index contributed by atoms with van der Waals surface area (Å²) in [4.78, 5) is 16.0. The van der Waals surface area contributed by atoms with Crippen LogP contribution < -0.4 is 5.11 Å². The number of nitrogens with zero attached hydrogens (tertiary/aromatic N) is 1. The minimum Gasteiger partial charge on any atom is -0.545 e. The zero-order valence-electron chi connectivity index (χ0n) is 11.9. The number of benzene rings is 2. The topological polar surface area (TPSA) is 53.0 Å². The van der Waals surface area contributed by atoms with Crippen molar-refractivity contribution in [2.24, 2.45) is 0 Å². The maximum Gasteiger partial charge on any atom is 0.0722 e. The van der Waals surface area contributed by atoms with Gasteiger partial charge < -0.3 is 9.90 Å². The number of hydrogen-bond acceptors (Lipinski definition) is 3. The molecule has 3 aromatic rings. The fourth-order valence-corrected chi connectivity index (χ4v) is 2.49. The van der Waals surface area contributed by atoms with E-state index in [1.165, 1.54) is 0 Å². The van der Waals surface area contributed by atoms with E-state index in [2.05, 4.69) is 4.98 Å². The Morgan fingerprint density at radius 1 is 1.05 bits per heavy atom. The number of carbonyl (C=O) groups excluding carboxylic acids is 1. The highest BCUT2D eigenvalue weighted by Crippen LogP contribution is 2.27. The Labute approximate surface area is 122 Å². The van der Waals surface area contributed by atoms with Crippen molar-refractivity contribution in [2.45, 2.75) is 13.8 Å². The van der Waals surface area contributed by atoms with Gasteiger partial charge in [0.15, 0.2) is 0 Å². The molecule has 1 aromatic heterocycles. The Morgan fingerprint density at radius 2 is 1.81 bits per heavy atom. The van der Waals surface area contributed by atoms with Crippen LogP contribution in [0.25, 0.3) is 22.2 Å². The first-order valence-electron chi connectivity index (χ1n) is 6.75. The molecule has 0 N–H and O–H groups in total. The fourth-order valence-electron chi connectivity index (χ4n) is 2.49. The molecule has 104 valence electrons. The van der Waals surface area contributed by atoms with Crippen molar-refractivity contribution in [1.29, 1.82) is 0 Å². The van der Waals surface area contributed by atoms with Crippen LogP contribution in [0.5, 0.6) is 0 Å².